The fourth-order valence-electron chi connectivity index (χ4n) is 3.37. The zero-order chi connectivity index (χ0) is 18.5. The molecule has 140 valence electrons. The van der Waals surface area contributed by atoms with Crippen molar-refractivity contribution < 1.29 is 4.79 Å². The molecule has 26 heavy (non-hydrogen) atoms. The van der Waals surface area contributed by atoms with Crippen molar-refractivity contribution in [3.8, 4) is 0 Å². The molecule has 1 atom stereocenters. The van der Waals surface area contributed by atoms with Crippen LogP contribution in [0.3, 0.4) is 0 Å². The molecule has 0 bridgehead atoms. The van der Waals surface area contributed by atoms with E-state index in [9.17, 15) is 4.79 Å². The van der Waals surface area contributed by atoms with Gasteiger partial charge in [0, 0.05) is 23.8 Å². The summed E-state index contributed by atoms with van der Waals surface area (Å²) in [5, 5.41) is 12.3. The Bertz CT molecular complexity index is 737. The number of hydrogen-bond acceptors (Lipinski definition) is 5. The lowest BCUT2D eigenvalue weighted by atomic mass is 9.89. The maximum Gasteiger partial charge on any atom is 0.237 e. The quantitative estimate of drug-likeness (QED) is 0.589. The van der Waals surface area contributed by atoms with Gasteiger partial charge in [-0.3, -0.25) is 4.79 Å². The van der Waals surface area contributed by atoms with Crippen molar-refractivity contribution in [1.29, 1.82) is 0 Å². The van der Waals surface area contributed by atoms with E-state index in [0.29, 0.717) is 11.6 Å². The number of nitrogens with zero attached hydrogens (tertiary/aromatic N) is 3. The highest BCUT2D eigenvalue weighted by atomic mass is 32.2. The molecule has 1 amide bonds. The molecule has 1 aliphatic carbocycles. The number of hydrogen-bond donors (Lipinski definition) is 2. The van der Waals surface area contributed by atoms with Crippen molar-refractivity contribution in [3.63, 3.8) is 0 Å². The molecule has 1 saturated carbocycles. The van der Waals surface area contributed by atoms with Crippen molar-refractivity contribution in [2.24, 2.45) is 0 Å². The van der Waals surface area contributed by atoms with Crippen molar-refractivity contribution >= 4 is 29.0 Å². The molecule has 2 aromatic rings. The number of nitrogens with two attached hydrogens (primary N) is 1. The molecule has 0 spiro atoms. The predicted octanol–water partition coefficient (Wildman–Crippen LogP) is 4.05. The second-order valence-electron chi connectivity index (χ2n) is 6.79. The fraction of sp³-hybridized carbons (Fsp3) is 0.526. The van der Waals surface area contributed by atoms with Gasteiger partial charge in [-0.2, -0.15) is 0 Å². The van der Waals surface area contributed by atoms with Crippen LogP contribution in [0.15, 0.2) is 29.4 Å². The van der Waals surface area contributed by atoms with Gasteiger partial charge in [0.15, 0.2) is 5.16 Å². The maximum absolute atomic E-state index is 12.5. The molecular weight excluding hydrogens is 346 g/mol. The van der Waals surface area contributed by atoms with Gasteiger partial charge in [0.1, 0.15) is 5.82 Å². The summed E-state index contributed by atoms with van der Waals surface area (Å²) in [5.41, 5.74) is 7.10. The van der Waals surface area contributed by atoms with Crippen molar-refractivity contribution in [1.82, 2.24) is 14.8 Å². The molecular formula is C19H27N5OS. The summed E-state index contributed by atoms with van der Waals surface area (Å²) in [4.78, 5) is 12.5. The van der Waals surface area contributed by atoms with E-state index in [2.05, 4.69) is 27.0 Å². The molecule has 0 aliphatic heterocycles. The second kappa shape index (κ2) is 8.58. The Morgan fingerprint density at radius 1 is 1.27 bits per heavy atom. The van der Waals surface area contributed by atoms with Crippen LogP contribution in [0.2, 0.25) is 0 Å². The molecule has 6 nitrogen and oxygen atoms in total. The number of carbonyl (C=O) groups is 1. The van der Waals surface area contributed by atoms with Gasteiger partial charge < -0.3 is 15.6 Å². The minimum atomic E-state index is -0.263. The summed E-state index contributed by atoms with van der Waals surface area (Å²) in [6, 6.07) is 7.16. The highest BCUT2D eigenvalue weighted by molar-refractivity contribution is 8.00. The first-order valence-electron chi connectivity index (χ1n) is 9.34. The van der Waals surface area contributed by atoms with Crippen LogP contribution in [0.1, 0.15) is 57.7 Å². The molecule has 1 aliphatic rings. The Kier molecular flexibility index (Phi) is 6.19. The summed E-state index contributed by atoms with van der Waals surface area (Å²) >= 11 is 1.46. The number of rotatable bonds is 6. The van der Waals surface area contributed by atoms with Gasteiger partial charge in [0.2, 0.25) is 5.91 Å². The normalized spacial score (nSPS) is 16.4. The number of aromatic nitrogens is 3. The van der Waals surface area contributed by atoms with Gasteiger partial charge in [0.05, 0.1) is 5.25 Å². The van der Waals surface area contributed by atoms with E-state index in [4.69, 9.17) is 5.73 Å². The van der Waals surface area contributed by atoms with Crippen molar-refractivity contribution in [2.75, 3.05) is 11.1 Å². The monoisotopic (exact) mass is 373 g/mol. The summed E-state index contributed by atoms with van der Waals surface area (Å²) in [7, 11) is 0. The number of thioether (sulfide) groups is 1. The molecule has 3 rings (SSSR count). The van der Waals surface area contributed by atoms with Crippen LogP contribution in [0.25, 0.3) is 0 Å². The Hall–Kier alpha value is -2.02. The van der Waals surface area contributed by atoms with Crippen LogP contribution >= 0.6 is 11.8 Å². The van der Waals surface area contributed by atoms with Crippen molar-refractivity contribution in [3.05, 3.63) is 30.1 Å². The lowest BCUT2D eigenvalue weighted by Gasteiger charge is -2.21. The van der Waals surface area contributed by atoms with E-state index in [-0.39, 0.29) is 11.2 Å². The molecule has 1 aromatic carbocycles. The Balaban J connectivity index is 1.66. The summed E-state index contributed by atoms with van der Waals surface area (Å²) in [6.45, 7) is 4.83. The molecule has 0 saturated heterocycles. The van der Waals surface area contributed by atoms with Gasteiger partial charge >= 0.3 is 0 Å². The van der Waals surface area contributed by atoms with Crippen LogP contribution < -0.4 is 11.1 Å². The molecule has 0 radical (unpaired) electrons. The Labute approximate surface area is 158 Å². The van der Waals surface area contributed by atoms with E-state index < -0.39 is 0 Å². The molecule has 1 fully saturated rings. The highest BCUT2D eigenvalue weighted by Crippen LogP contribution is 2.34. The highest BCUT2D eigenvalue weighted by Gasteiger charge is 2.25. The smallest absolute Gasteiger partial charge is 0.237 e. The lowest BCUT2D eigenvalue weighted by molar-refractivity contribution is -0.115. The standard InChI is InChI=1S/C19H27N5OS/c1-3-24-17(14-7-5-4-6-8-14)22-23-19(24)26-13(2)18(25)21-16-11-9-15(20)10-12-16/h9-14H,3-8,20H2,1-2H3,(H,21,25)/t13-/m1/s1. The van der Waals surface area contributed by atoms with E-state index in [1.807, 2.05) is 6.92 Å². The molecule has 7 heteroatoms. The van der Waals surface area contributed by atoms with Crippen LogP contribution in [0.5, 0.6) is 0 Å². The Morgan fingerprint density at radius 3 is 2.62 bits per heavy atom. The molecule has 3 N–H and O–H groups in total. The Morgan fingerprint density at radius 2 is 1.96 bits per heavy atom. The van der Waals surface area contributed by atoms with Gasteiger partial charge in [-0.25, -0.2) is 0 Å². The number of benzene rings is 1. The van der Waals surface area contributed by atoms with Gasteiger partial charge in [-0.05, 0) is 51.0 Å². The average Bonchev–Trinajstić information content (AvgIpc) is 3.06. The largest absolute Gasteiger partial charge is 0.399 e. The zero-order valence-electron chi connectivity index (χ0n) is 15.4. The topological polar surface area (TPSA) is 85.8 Å². The molecule has 1 heterocycles. The number of nitrogen functional groups attached to an aromatic ring is 1. The third kappa shape index (κ3) is 4.38. The minimum Gasteiger partial charge on any atom is -0.399 e. The van der Waals surface area contributed by atoms with E-state index in [1.54, 1.807) is 24.3 Å². The fourth-order valence-corrected chi connectivity index (χ4v) is 4.29. The second-order valence-corrected chi connectivity index (χ2v) is 8.10. The number of carbonyl (C=O) groups excluding carboxylic acids is 1. The van der Waals surface area contributed by atoms with E-state index >= 15 is 0 Å². The summed E-state index contributed by atoms with van der Waals surface area (Å²) in [6.07, 6.45) is 6.24. The third-order valence-electron chi connectivity index (χ3n) is 4.86. The SMILES string of the molecule is CCn1c(S[C@H](C)C(=O)Nc2ccc(N)cc2)nnc1C1CCCCC1. The first-order chi connectivity index (χ1) is 12.6. The third-order valence-corrected chi connectivity index (χ3v) is 5.94. The molecule has 0 unspecified atom stereocenters. The minimum absolute atomic E-state index is 0.0513. The zero-order valence-corrected chi connectivity index (χ0v) is 16.3. The molecule has 1 aromatic heterocycles. The summed E-state index contributed by atoms with van der Waals surface area (Å²) < 4.78 is 2.17. The first-order valence-corrected chi connectivity index (χ1v) is 10.2. The number of anilines is 2. The van der Waals surface area contributed by atoms with Gasteiger partial charge in [0.25, 0.3) is 0 Å². The lowest BCUT2D eigenvalue weighted by Crippen LogP contribution is -2.23. The maximum atomic E-state index is 12.5. The van der Waals surface area contributed by atoms with Crippen LogP contribution in [0, 0.1) is 0 Å². The van der Waals surface area contributed by atoms with Gasteiger partial charge in [-0.15, -0.1) is 10.2 Å². The first kappa shape index (κ1) is 18.8. The number of nitrogens with one attached hydrogen (secondary N) is 1. The van der Waals surface area contributed by atoms with Crippen LogP contribution in [-0.2, 0) is 11.3 Å². The van der Waals surface area contributed by atoms with Crippen LogP contribution in [0.4, 0.5) is 11.4 Å². The van der Waals surface area contributed by atoms with Crippen LogP contribution in [-0.4, -0.2) is 25.9 Å². The van der Waals surface area contributed by atoms with E-state index in [0.717, 1.165) is 23.2 Å². The predicted molar refractivity (Wildman–Crippen MR) is 106 cm³/mol. The summed E-state index contributed by atoms with van der Waals surface area (Å²) in [5.74, 6) is 1.54. The average molecular weight is 374 g/mol. The number of amides is 1. The van der Waals surface area contributed by atoms with Crippen molar-refractivity contribution in [2.45, 2.75) is 68.8 Å². The van der Waals surface area contributed by atoms with E-state index in [1.165, 1.54) is 43.9 Å². The van der Waals surface area contributed by atoms with Gasteiger partial charge in [-0.1, -0.05) is 31.0 Å².